The minimum absolute atomic E-state index is 0.231. The average molecular weight is 268 g/mol. The van der Waals surface area contributed by atoms with Crippen LogP contribution in [-0.4, -0.2) is 33.0 Å². The standard InChI is InChI=1S/C13H20N2O2S/c1-2-8-18(16,17)9-7-15-6-5-11-3-4-12(14)10-13(11)15/h3-4,10H,2,5-9,14H2,1H3. The second kappa shape index (κ2) is 5.18. The van der Waals surface area contributed by atoms with E-state index in [1.165, 1.54) is 5.56 Å². The highest BCUT2D eigenvalue weighted by Crippen LogP contribution is 2.29. The van der Waals surface area contributed by atoms with Crippen LogP contribution in [0.15, 0.2) is 18.2 Å². The van der Waals surface area contributed by atoms with Crippen molar-refractivity contribution in [2.24, 2.45) is 0 Å². The van der Waals surface area contributed by atoms with Crippen molar-refractivity contribution in [3.63, 3.8) is 0 Å². The second-order valence-electron chi connectivity index (χ2n) is 4.78. The fraction of sp³-hybridized carbons (Fsp3) is 0.538. The molecule has 0 unspecified atom stereocenters. The van der Waals surface area contributed by atoms with Crippen LogP contribution in [0.1, 0.15) is 18.9 Å². The molecule has 0 saturated heterocycles. The molecular weight excluding hydrogens is 248 g/mol. The van der Waals surface area contributed by atoms with Crippen molar-refractivity contribution in [3.05, 3.63) is 23.8 Å². The predicted octanol–water partition coefficient (Wildman–Crippen LogP) is 1.46. The van der Waals surface area contributed by atoms with Crippen LogP contribution >= 0.6 is 0 Å². The highest BCUT2D eigenvalue weighted by Gasteiger charge is 2.20. The van der Waals surface area contributed by atoms with Gasteiger partial charge in [-0.1, -0.05) is 13.0 Å². The quantitative estimate of drug-likeness (QED) is 0.821. The number of fused-ring (bicyclic) bond motifs is 1. The summed E-state index contributed by atoms with van der Waals surface area (Å²) in [4.78, 5) is 2.12. The minimum Gasteiger partial charge on any atom is -0.399 e. The van der Waals surface area contributed by atoms with Crippen molar-refractivity contribution in [1.82, 2.24) is 0 Å². The number of nitrogens with zero attached hydrogens (tertiary/aromatic N) is 1. The Morgan fingerprint density at radius 1 is 1.33 bits per heavy atom. The van der Waals surface area contributed by atoms with Crippen molar-refractivity contribution < 1.29 is 8.42 Å². The number of rotatable bonds is 5. The van der Waals surface area contributed by atoms with Gasteiger partial charge in [-0.25, -0.2) is 8.42 Å². The summed E-state index contributed by atoms with van der Waals surface area (Å²) in [6.07, 6.45) is 1.66. The molecule has 100 valence electrons. The summed E-state index contributed by atoms with van der Waals surface area (Å²) >= 11 is 0. The van der Waals surface area contributed by atoms with E-state index in [-0.39, 0.29) is 11.5 Å². The lowest BCUT2D eigenvalue weighted by Crippen LogP contribution is -2.28. The van der Waals surface area contributed by atoms with Crippen LogP contribution in [0, 0.1) is 0 Å². The van der Waals surface area contributed by atoms with E-state index in [1.807, 2.05) is 25.1 Å². The summed E-state index contributed by atoms with van der Waals surface area (Å²) in [5, 5.41) is 0. The number of nitrogens with two attached hydrogens (primary N) is 1. The summed E-state index contributed by atoms with van der Waals surface area (Å²) in [6, 6.07) is 5.87. The lowest BCUT2D eigenvalue weighted by molar-refractivity contribution is 0.593. The molecule has 4 nitrogen and oxygen atoms in total. The van der Waals surface area contributed by atoms with Gasteiger partial charge in [-0.15, -0.1) is 0 Å². The Morgan fingerprint density at radius 2 is 2.11 bits per heavy atom. The molecule has 0 spiro atoms. The van der Waals surface area contributed by atoms with Crippen LogP contribution in [0.4, 0.5) is 11.4 Å². The molecule has 0 fully saturated rings. The maximum Gasteiger partial charge on any atom is 0.152 e. The third kappa shape index (κ3) is 2.96. The van der Waals surface area contributed by atoms with E-state index >= 15 is 0 Å². The van der Waals surface area contributed by atoms with Crippen LogP contribution in [-0.2, 0) is 16.3 Å². The molecule has 18 heavy (non-hydrogen) atoms. The molecule has 0 amide bonds. The van der Waals surface area contributed by atoms with Crippen LogP contribution in [0.2, 0.25) is 0 Å². The van der Waals surface area contributed by atoms with Gasteiger partial charge in [0.05, 0.1) is 5.75 Å². The highest BCUT2D eigenvalue weighted by molar-refractivity contribution is 7.91. The molecule has 0 atom stereocenters. The molecular formula is C13H20N2O2S. The van der Waals surface area contributed by atoms with Crippen LogP contribution in [0.3, 0.4) is 0 Å². The molecule has 1 aromatic rings. The van der Waals surface area contributed by atoms with E-state index in [4.69, 9.17) is 5.73 Å². The molecule has 2 N–H and O–H groups in total. The van der Waals surface area contributed by atoms with E-state index in [0.717, 1.165) is 24.3 Å². The molecule has 0 bridgehead atoms. The first-order chi connectivity index (χ1) is 8.52. The monoisotopic (exact) mass is 268 g/mol. The molecule has 5 heteroatoms. The Morgan fingerprint density at radius 3 is 2.83 bits per heavy atom. The molecule has 1 heterocycles. The van der Waals surface area contributed by atoms with E-state index in [2.05, 4.69) is 4.90 Å². The number of hydrogen-bond acceptors (Lipinski definition) is 4. The summed E-state index contributed by atoms with van der Waals surface area (Å²) < 4.78 is 23.4. The smallest absolute Gasteiger partial charge is 0.152 e. The Labute approximate surface area is 109 Å². The lowest BCUT2D eigenvalue weighted by atomic mass is 10.1. The fourth-order valence-corrected chi connectivity index (χ4v) is 3.68. The molecule has 0 radical (unpaired) electrons. The first kappa shape index (κ1) is 13.2. The van der Waals surface area contributed by atoms with Crippen molar-refractivity contribution in [1.29, 1.82) is 0 Å². The number of anilines is 2. The third-order valence-electron chi connectivity index (χ3n) is 3.29. The summed E-state index contributed by atoms with van der Waals surface area (Å²) in [5.41, 5.74) is 8.87. The van der Waals surface area contributed by atoms with Crippen molar-refractivity contribution in [3.8, 4) is 0 Å². The molecule has 0 saturated carbocycles. The fourth-order valence-electron chi connectivity index (χ4n) is 2.36. The Balaban J connectivity index is 2.04. The first-order valence-corrected chi connectivity index (χ1v) is 8.18. The molecule has 1 aliphatic heterocycles. The van der Waals surface area contributed by atoms with E-state index in [1.54, 1.807) is 0 Å². The van der Waals surface area contributed by atoms with Gasteiger partial charge in [0.25, 0.3) is 0 Å². The zero-order valence-electron chi connectivity index (χ0n) is 10.7. The lowest BCUT2D eigenvalue weighted by Gasteiger charge is -2.19. The highest BCUT2D eigenvalue weighted by atomic mass is 32.2. The number of sulfone groups is 1. The summed E-state index contributed by atoms with van der Waals surface area (Å²) in [6.45, 7) is 3.35. The Kier molecular flexibility index (Phi) is 3.80. The van der Waals surface area contributed by atoms with Crippen molar-refractivity contribution >= 4 is 21.2 Å². The maximum atomic E-state index is 11.7. The van der Waals surface area contributed by atoms with E-state index in [9.17, 15) is 8.42 Å². The van der Waals surface area contributed by atoms with Crippen molar-refractivity contribution in [2.45, 2.75) is 19.8 Å². The van der Waals surface area contributed by atoms with Crippen molar-refractivity contribution in [2.75, 3.05) is 35.2 Å². The summed E-state index contributed by atoms with van der Waals surface area (Å²) in [7, 11) is -2.90. The van der Waals surface area contributed by atoms with Crippen LogP contribution in [0.5, 0.6) is 0 Å². The molecule has 1 aromatic carbocycles. The summed E-state index contributed by atoms with van der Waals surface area (Å²) in [5.74, 6) is 0.514. The second-order valence-corrected chi connectivity index (χ2v) is 7.08. The van der Waals surface area contributed by atoms with Gasteiger partial charge in [-0.05, 0) is 30.5 Å². The Bertz CT molecular complexity index is 526. The topological polar surface area (TPSA) is 63.4 Å². The van der Waals surface area contributed by atoms with Gasteiger partial charge in [0, 0.05) is 30.2 Å². The minimum atomic E-state index is -2.90. The average Bonchev–Trinajstić information content (AvgIpc) is 2.69. The first-order valence-electron chi connectivity index (χ1n) is 6.35. The third-order valence-corrected chi connectivity index (χ3v) is 5.12. The SMILES string of the molecule is CCCS(=O)(=O)CCN1CCc2ccc(N)cc21. The van der Waals surface area contributed by atoms with Gasteiger partial charge in [-0.2, -0.15) is 0 Å². The molecule has 1 aliphatic rings. The zero-order valence-corrected chi connectivity index (χ0v) is 11.5. The van der Waals surface area contributed by atoms with Gasteiger partial charge in [0.2, 0.25) is 0 Å². The van der Waals surface area contributed by atoms with Crippen LogP contribution < -0.4 is 10.6 Å². The molecule has 0 aliphatic carbocycles. The Hall–Kier alpha value is -1.23. The van der Waals surface area contributed by atoms with Gasteiger partial charge in [0.15, 0.2) is 9.84 Å². The van der Waals surface area contributed by atoms with Crippen LogP contribution in [0.25, 0.3) is 0 Å². The maximum absolute atomic E-state index is 11.7. The van der Waals surface area contributed by atoms with Gasteiger partial charge >= 0.3 is 0 Å². The van der Waals surface area contributed by atoms with Gasteiger partial charge < -0.3 is 10.6 Å². The molecule has 2 rings (SSSR count). The number of hydrogen-bond donors (Lipinski definition) is 1. The van der Waals surface area contributed by atoms with E-state index in [0.29, 0.717) is 13.0 Å². The van der Waals surface area contributed by atoms with Gasteiger partial charge in [-0.3, -0.25) is 0 Å². The predicted molar refractivity (Wildman–Crippen MR) is 75.7 cm³/mol. The number of nitrogen functional groups attached to an aromatic ring is 1. The largest absolute Gasteiger partial charge is 0.399 e. The number of benzene rings is 1. The normalized spacial score (nSPS) is 14.8. The molecule has 0 aromatic heterocycles. The van der Waals surface area contributed by atoms with E-state index < -0.39 is 9.84 Å². The van der Waals surface area contributed by atoms with Gasteiger partial charge in [0.1, 0.15) is 0 Å². The zero-order chi connectivity index (χ0) is 13.2.